The molecule has 4 rings (SSSR count). The zero-order valence-corrected chi connectivity index (χ0v) is 16.4. The Morgan fingerprint density at radius 3 is 2.46 bits per heavy atom. The summed E-state index contributed by atoms with van der Waals surface area (Å²) >= 11 is 0. The van der Waals surface area contributed by atoms with Gasteiger partial charge in [-0.2, -0.15) is 8.42 Å². The number of sulfonamides is 1. The molecule has 28 heavy (non-hydrogen) atoms. The van der Waals surface area contributed by atoms with E-state index in [9.17, 15) is 8.42 Å². The molecule has 6 nitrogen and oxygen atoms in total. The Kier molecular flexibility index (Phi) is 5.11. The molecule has 1 aromatic heterocycles. The van der Waals surface area contributed by atoms with E-state index in [0.717, 1.165) is 16.5 Å². The van der Waals surface area contributed by atoms with Crippen LogP contribution in [0, 0.1) is 6.92 Å². The molecule has 2 aromatic carbocycles. The van der Waals surface area contributed by atoms with Crippen molar-refractivity contribution in [3.63, 3.8) is 0 Å². The van der Waals surface area contributed by atoms with Crippen LogP contribution in [-0.4, -0.2) is 50.4 Å². The van der Waals surface area contributed by atoms with Crippen LogP contribution in [0.3, 0.4) is 0 Å². The van der Waals surface area contributed by atoms with Crippen molar-refractivity contribution in [1.29, 1.82) is 0 Å². The lowest BCUT2D eigenvalue weighted by atomic mass is 10.2. The first kappa shape index (κ1) is 18.6. The maximum Gasteiger partial charge on any atom is 0.284 e. The predicted octanol–water partition coefficient (Wildman–Crippen LogP) is 3.01. The molecule has 0 saturated carbocycles. The van der Waals surface area contributed by atoms with Gasteiger partial charge < -0.3 is 9.64 Å². The smallest absolute Gasteiger partial charge is 0.284 e. The van der Waals surface area contributed by atoms with Crippen LogP contribution < -0.4 is 0 Å². The van der Waals surface area contributed by atoms with Gasteiger partial charge in [-0.3, -0.25) is 0 Å². The number of amidine groups is 1. The monoisotopic (exact) mass is 395 g/mol. The molecule has 0 spiro atoms. The number of ether oxygens (including phenoxy) is 1. The van der Waals surface area contributed by atoms with Crippen molar-refractivity contribution in [3.05, 3.63) is 71.9 Å². The minimum absolute atomic E-state index is 0.171. The summed E-state index contributed by atoms with van der Waals surface area (Å²) in [6.45, 7) is 4.10. The first-order valence-corrected chi connectivity index (χ1v) is 10.6. The minimum Gasteiger partial charge on any atom is -0.378 e. The van der Waals surface area contributed by atoms with E-state index in [1.165, 1.54) is 0 Å². The number of rotatable bonds is 3. The number of morpholine rings is 1. The number of fused-ring (bicyclic) bond motifs is 1. The van der Waals surface area contributed by atoms with Crippen LogP contribution in [0.15, 0.2) is 70.0 Å². The maximum atomic E-state index is 13.0. The Morgan fingerprint density at radius 1 is 1.00 bits per heavy atom. The van der Waals surface area contributed by atoms with E-state index in [0.29, 0.717) is 37.8 Å². The number of para-hydroxylation sites is 1. The zero-order valence-electron chi connectivity index (χ0n) is 15.6. The molecule has 1 aliphatic rings. The third kappa shape index (κ3) is 3.90. The van der Waals surface area contributed by atoms with Crippen molar-refractivity contribution in [2.45, 2.75) is 11.8 Å². The number of aryl methyl sites for hydroxylation is 1. The van der Waals surface area contributed by atoms with Crippen molar-refractivity contribution in [1.82, 2.24) is 9.88 Å². The van der Waals surface area contributed by atoms with E-state index < -0.39 is 10.0 Å². The second-order valence-electron chi connectivity index (χ2n) is 6.69. The molecule has 0 amide bonds. The van der Waals surface area contributed by atoms with Gasteiger partial charge >= 0.3 is 0 Å². The van der Waals surface area contributed by atoms with Crippen LogP contribution in [-0.2, 0) is 14.8 Å². The molecule has 0 aliphatic carbocycles. The van der Waals surface area contributed by atoms with Crippen LogP contribution in [0.1, 0.15) is 11.3 Å². The Balaban J connectivity index is 1.82. The van der Waals surface area contributed by atoms with Gasteiger partial charge in [-0.1, -0.05) is 42.0 Å². The third-order valence-electron chi connectivity index (χ3n) is 4.66. The molecule has 0 radical (unpaired) electrons. The summed E-state index contributed by atoms with van der Waals surface area (Å²) in [4.78, 5) is 6.76. The zero-order chi connectivity index (χ0) is 19.6. The molecular formula is C21H21N3O3S. The molecule has 0 atom stereocenters. The van der Waals surface area contributed by atoms with Gasteiger partial charge in [-0.05, 0) is 31.2 Å². The first-order chi connectivity index (χ1) is 13.5. The largest absolute Gasteiger partial charge is 0.378 e. The quantitative estimate of drug-likeness (QED) is 0.504. The van der Waals surface area contributed by atoms with Crippen LogP contribution in [0.4, 0.5) is 0 Å². The Morgan fingerprint density at radius 2 is 1.71 bits per heavy atom. The molecule has 1 saturated heterocycles. The van der Waals surface area contributed by atoms with Gasteiger partial charge in [-0.15, -0.1) is 4.40 Å². The van der Waals surface area contributed by atoms with E-state index in [-0.39, 0.29) is 4.90 Å². The van der Waals surface area contributed by atoms with E-state index in [1.807, 2.05) is 48.2 Å². The topological polar surface area (TPSA) is 71.9 Å². The number of nitrogens with zero attached hydrogens (tertiary/aromatic N) is 3. The number of hydrogen-bond acceptors (Lipinski definition) is 4. The number of pyridine rings is 1. The van der Waals surface area contributed by atoms with Gasteiger partial charge in [-0.25, -0.2) is 4.98 Å². The summed E-state index contributed by atoms with van der Waals surface area (Å²) in [6, 6.07) is 18.2. The highest BCUT2D eigenvalue weighted by molar-refractivity contribution is 7.90. The van der Waals surface area contributed by atoms with Gasteiger partial charge in [0.2, 0.25) is 0 Å². The summed E-state index contributed by atoms with van der Waals surface area (Å²) in [5, 5.41) is 0.994. The fourth-order valence-electron chi connectivity index (χ4n) is 3.11. The standard InChI is InChI=1S/C21H21N3O3S/c1-16-6-9-18(10-7-16)28(25,26)23-21(24-12-14-27-15-13-24)20-11-8-17-4-2-3-5-19(17)22-20/h2-11H,12-15H2,1H3/b23-21-. The summed E-state index contributed by atoms with van der Waals surface area (Å²) in [5.74, 6) is 0.356. The van der Waals surface area contributed by atoms with Crippen LogP contribution >= 0.6 is 0 Å². The third-order valence-corrected chi connectivity index (χ3v) is 5.94. The van der Waals surface area contributed by atoms with Crippen LogP contribution in [0.25, 0.3) is 10.9 Å². The molecule has 1 aliphatic heterocycles. The van der Waals surface area contributed by atoms with Crippen molar-refractivity contribution in [3.8, 4) is 0 Å². The highest BCUT2D eigenvalue weighted by Gasteiger charge is 2.23. The van der Waals surface area contributed by atoms with Gasteiger partial charge in [0.1, 0.15) is 5.69 Å². The molecule has 1 fully saturated rings. The van der Waals surface area contributed by atoms with Gasteiger partial charge in [0.05, 0.1) is 23.6 Å². The molecule has 0 bridgehead atoms. The molecule has 7 heteroatoms. The Labute approximate surface area is 164 Å². The van der Waals surface area contributed by atoms with E-state index >= 15 is 0 Å². The van der Waals surface area contributed by atoms with E-state index in [2.05, 4.69) is 9.38 Å². The number of aromatic nitrogens is 1. The average Bonchev–Trinajstić information content (AvgIpc) is 2.73. The Bertz CT molecular complexity index is 1120. The summed E-state index contributed by atoms with van der Waals surface area (Å²) in [6.07, 6.45) is 0. The van der Waals surface area contributed by atoms with Crippen LogP contribution in [0.2, 0.25) is 0 Å². The maximum absolute atomic E-state index is 13.0. The summed E-state index contributed by atoms with van der Waals surface area (Å²) in [7, 11) is -3.86. The number of hydrogen-bond donors (Lipinski definition) is 0. The van der Waals surface area contributed by atoms with Gasteiger partial charge in [0, 0.05) is 18.5 Å². The van der Waals surface area contributed by atoms with Gasteiger partial charge in [0.15, 0.2) is 5.84 Å². The predicted molar refractivity (Wildman–Crippen MR) is 109 cm³/mol. The molecule has 0 unspecified atom stereocenters. The molecule has 2 heterocycles. The fourth-order valence-corrected chi connectivity index (χ4v) is 4.13. The molecule has 144 valence electrons. The normalized spacial score (nSPS) is 15.8. The van der Waals surface area contributed by atoms with Gasteiger partial charge in [0.25, 0.3) is 10.0 Å². The summed E-state index contributed by atoms with van der Waals surface area (Å²) in [5.41, 5.74) is 2.33. The SMILES string of the molecule is Cc1ccc(S(=O)(=O)/N=C(/c2ccc3ccccc3n2)N2CCOCC2)cc1. The van der Waals surface area contributed by atoms with Crippen molar-refractivity contribution in [2.75, 3.05) is 26.3 Å². The number of benzene rings is 2. The fraction of sp³-hybridized carbons (Fsp3) is 0.238. The lowest BCUT2D eigenvalue weighted by Crippen LogP contribution is -2.42. The molecular weight excluding hydrogens is 374 g/mol. The summed E-state index contributed by atoms with van der Waals surface area (Å²) < 4.78 is 35.5. The molecule has 0 N–H and O–H groups in total. The van der Waals surface area contributed by atoms with Crippen LogP contribution in [0.5, 0.6) is 0 Å². The lowest BCUT2D eigenvalue weighted by Gasteiger charge is -2.29. The van der Waals surface area contributed by atoms with E-state index in [4.69, 9.17) is 4.74 Å². The van der Waals surface area contributed by atoms with E-state index in [1.54, 1.807) is 24.3 Å². The highest BCUT2D eigenvalue weighted by Crippen LogP contribution is 2.18. The van der Waals surface area contributed by atoms with Crippen molar-refractivity contribution < 1.29 is 13.2 Å². The van der Waals surface area contributed by atoms with Crippen molar-refractivity contribution >= 4 is 26.8 Å². The minimum atomic E-state index is -3.86. The highest BCUT2D eigenvalue weighted by atomic mass is 32.2. The second-order valence-corrected chi connectivity index (χ2v) is 8.30. The average molecular weight is 395 g/mol. The Hall–Kier alpha value is -2.77. The first-order valence-electron chi connectivity index (χ1n) is 9.13. The van der Waals surface area contributed by atoms with Crippen molar-refractivity contribution in [2.24, 2.45) is 4.40 Å². The molecule has 3 aromatic rings. The lowest BCUT2D eigenvalue weighted by molar-refractivity contribution is 0.0683. The second kappa shape index (κ2) is 7.69.